The quantitative estimate of drug-likeness (QED) is 0.810. The topological polar surface area (TPSA) is 79.2 Å². The molecule has 5 nitrogen and oxygen atoms in total. The Labute approximate surface area is 159 Å². The molecule has 0 atom stereocenters. The highest BCUT2D eigenvalue weighted by Crippen LogP contribution is 2.38. The van der Waals surface area contributed by atoms with Gasteiger partial charge in [0.05, 0.1) is 5.56 Å². The number of hydrogen-bond donors (Lipinski definition) is 1. The van der Waals surface area contributed by atoms with Gasteiger partial charge in [-0.05, 0) is 62.1 Å². The zero-order valence-electron chi connectivity index (χ0n) is 14.2. The van der Waals surface area contributed by atoms with E-state index < -0.39 is 11.9 Å². The largest absolute Gasteiger partial charge is 0.451 e. The molecule has 0 unspecified atom stereocenters. The summed E-state index contributed by atoms with van der Waals surface area (Å²) < 4.78 is 5.17. The number of thiophene rings is 2. The molecule has 0 spiro atoms. The third kappa shape index (κ3) is 3.27. The smallest absolute Gasteiger partial charge is 0.348 e. The Kier molecular flexibility index (Phi) is 4.79. The normalized spacial score (nSPS) is 15.0. The first kappa shape index (κ1) is 17.3. The summed E-state index contributed by atoms with van der Waals surface area (Å²) in [5.41, 5.74) is 2.87. The van der Waals surface area contributed by atoms with Gasteiger partial charge in [-0.2, -0.15) is 5.26 Å². The summed E-state index contributed by atoms with van der Waals surface area (Å²) in [7, 11) is 0. The maximum absolute atomic E-state index is 12.2. The fourth-order valence-corrected chi connectivity index (χ4v) is 5.97. The molecule has 2 aromatic rings. The maximum atomic E-state index is 12.2. The Morgan fingerprint density at radius 3 is 2.73 bits per heavy atom. The molecule has 26 heavy (non-hydrogen) atoms. The second kappa shape index (κ2) is 7.22. The van der Waals surface area contributed by atoms with Crippen LogP contribution in [-0.4, -0.2) is 18.5 Å². The number of rotatable bonds is 4. The molecule has 2 aliphatic carbocycles. The number of nitriles is 1. The minimum Gasteiger partial charge on any atom is -0.451 e. The summed E-state index contributed by atoms with van der Waals surface area (Å²) in [5.74, 6) is -0.857. The van der Waals surface area contributed by atoms with Crippen molar-refractivity contribution in [3.8, 4) is 6.07 Å². The first-order valence-electron chi connectivity index (χ1n) is 8.79. The predicted molar refractivity (Wildman–Crippen MR) is 101 cm³/mol. The lowest BCUT2D eigenvalue weighted by molar-refractivity contribution is -0.119. The van der Waals surface area contributed by atoms with Gasteiger partial charge in [-0.1, -0.05) is 0 Å². The van der Waals surface area contributed by atoms with Crippen LogP contribution in [0.15, 0.2) is 6.07 Å². The molecule has 134 valence electrons. The summed E-state index contributed by atoms with van der Waals surface area (Å²) in [6, 6.07) is 4.09. The Bertz CT molecular complexity index is 897. The molecule has 0 aliphatic heterocycles. The third-order valence-electron chi connectivity index (χ3n) is 4.82. The zero-order chi connectivity index (χ0) is 18.1. The van der Waals surface area contributed by atoms with Crippen LogP contribution in [0, 0.1) is 11.3 Å². The first-order chi connectivity index (χ1) is 12.7. The Morgan fingerprint density at radius 1 is 1.12 bits per heavy atom. The molecule has 1 amide bonds. The number of amides is 1. The zero-order valence-corrected chi connectivity index (χ0v) is 15.9. The van der Waals surface area contributed by atoms with Crippen molar-refractivity contribution >= 4 is 39.6 Å². The number of nitrogens with zero attached hydrogens (tertiary/aromatic N) is 1. The molecule has 7 heteroatoms. The van der Waals surface area contributed by atoms with Crippen molar-refractivity contribution in [2.75, 3.05) is 11.9 Å². The molecule has 0 saturated carbocycles. The highest BCUT2D eigenvalue weighted by molar-refractivity contribution is 7.16. The minimum absolute atomic E-state index is 0.338. The van der Waals surface area contributed by atoms with Crippen molar-refractivity contribution in [2.24, 2.45) is 0 Å². The van der Waals surface area contributed by atoms with Gasteiger partial charge in [0, 0.05) is 9.75 Å². The van der Waals surface area contributed by atoms with E-state index >= 15 is 0 Å². The summed E-state index contributed by atoms with van der Waals surface area (Å²) in [5, 5.41) is 12.7. The van der Waals surface area contributed by atoms with Crippen molar-refractivity contribution in [1.82, 2.24) is 0 Å². The van der Waals surface area contributed by atoms with Crippen molar-refractivity contribution in [3.63, 3.8) is 0 Å². The van der Waals surface area contributed by atoms with Crippen LogP contribution in [0.25, 0.3) is 0 Å². The average Bonchev–Trinajstić information content (AvgIpc) is 3.33. The molecule has 0 fully saturated rings. The monoisotopic (exact) mass is 386 g/mol. The minimum atomic E-state index is -0.450. The van der Waals surface area contributed by atoms with Gasteiger partial charge in [0.2, 0.25) is 0 Å². The number of fused-ring (bicyclic) bond motifs is 2. The summed E-state index contributed by atoms with van der Waals surface area (Å²) in [6.07, 6.45) is 7.27. The summed E-state index contributed by atoms with van der Waals surface area (Å²) in [4.78, 5) is 27.4. The van der Waals surface area contributed by atoms with Crippen molar-refractivity contribution in [1.29, 1.82) is 5.26 Å². The van der Waals surface area contributed by atoms with E-state index in [2.05, 4.69) is 11.4 Å². The van der Waals surface area contributed by atoms with Gasteiger partial charge < -0.3 is 10.1 Å². The molecular formula is C19H18N2O3S2. The van der Waals surface area contributed by atoms with Gasteiger partial charge in [0.25, 0.3) is 5.91 Å². The number of carbonyl (C=O) groups excluding carboxylic acids is 2. The molecular weight excluding hydrogens is 368 g/mol. The van der Waals surface area contributed by atoms with Crippen LogP contribution in [0.3, 0.4) is 0 Å². The van der Waals surface area contributed by atoms with Crippen LogP contribution in [0.5, 0.6) is 0 Å². The molecule has 0 bridgehead atoms. The second-order valence-corrected chi connectivity index (χ2v) is 8.81. The molecule has 4 rings (SSSR count). The van der Waals surface area contributed by atoms with Gasteiger partial charge in [0.1, 0.15) is 15.9 Å². The molecule has 2 aliphatic rings. The van der Waals surface area contributed by atoms with Crippen LogP contribution in [-0.2, 0) is 35.2 Å². The number of aryl methyl sites for hydroxylation is 3. The van der Waals surface area contributed by atoms with E-state index in [1.807, 2.05) is 6.07 Å². The number of hydrogen-bond acceptors (Lipinski definition) is 6. The summed E-state index contributed by atoms with van der Waals surface area (Å²) in [6.45, 7) is -0.338. The van der Waals surface area contributed by atoms with Crippen LogP contribution in [0.4, 0.5) is 5.00 Å². The molecule has 0 aromatic carbocycles. The lowest BCUT2D eigenvalue weighted by atomic mass is 9.99. The van der Waals surface area contributed by atoms with E-state index in [4.69, 9.17) is 4.74 Å². The Balaban J connectivity index is 1.36. The van der Waals surface area contributed by atoms with Crippen LogP contribution in [0.1, 0.15) is 55.4 Å². The number of ether oxygens (including phenoxy) is 1. The Hall–Kier alpha value is -2.17. The molecule has 1 N–H and O–H groups in total. The van der Waals surface area contributed by atoms with Crippen LogP contribution < -0.4 is 5.32 Å². The van der Waals surface area contributed by atoms with Crippen LogP contribution in [0.2, 0.25) is 0 Å². The standard InChI is InChI=1S/C19H18N2O3S2/c20-9-13-12-5-3-7-15(12)26-18(13)21-17(22)10-24-19(23)16-8-11-4-1-2-6-14(11)25-16/h8H,1-7,10H2,(H,21,22). The van der Waals surface area contributed by atoms with E-state index in [1.54, 1.807) is 0 Å². The lowest BCUT2D eigenvalue weighted by Gasteiger charge is -2.08. The van der Waals surface area contributed by atoms with Crippen molar-refractivity contribution < 1.29 is 14.3 Å². The fourth-order valence-electron chi connectivity index (χ4n) is 3.57. The highest BCUT2D eigenvalue weighted by Gasteiger charge is 2.24. The van der Waals surface area contributed by atoms with Gasteiger partial charge in [-0.25, -0.2) is 4.79 Å². The lowest BCUT2D eigenvalue weighted by Crippen LogP contribution is -2.20. The fraction of sp³-hybridized carbons (Fsp3) is 0.421. The average molecular weight is 386 g/mol. The molecule has 0 radical (unpaired) electrons. The van der Waals surface area contributed by atoms with Gasteiger partial charge in [-0.3, -0.25) is 4.79 Å². The van der Waals surface area contributed by atoms with Gasteiger partial charge >= 0.3 is 5.97 Å². The van der Waals surface area contributed by atoms with Crippen LogP contribution >= 0.6 is 22.7 Å². The number of carbonyl (C=O) groups is 2. The second-order valence-electron chi connectivity index (χ2n) is 6.56. The van der Waals surface area contributed by atoms with E-state index in [9.17, 15) is 14.9 Å². The number of esters is 1. The van der Waals surface area contributed by atoms with E-state index in [0.717, 1.165) is 50.5 Å². The molecule has 2 aromatic heterocycles. The van der Waals surface area contributed by atoms with Gasteiger partial charge in [0.15, 0.2) is 6.61 Å². The number of anilines is 1. The Morgan fingerprint density at radius 2 is 1.92 bits per heavy atom. The van der Waals surface area contributed by atoms with Crippen molar-refractivity contribution in [3.05, 3.63) is 37.4 Å². The van der Waals surface area contributed by atoms with Crippen molar-refractivity contribution in [2.45, 2.75) is 44.9 Å². The molecule has 0 saturated heterocycles. The molecule has 2 heterocycles. The highest BCUT2D eigenvalue weighted by atomic mass is 32.1. The number of nitrogens with one attached hydrogen (secondary N) is 1. The van der Waals surface area contributed by atoms with E-state index in [0.29, 0.717) is 15.4 Å². The van der Waals surface area contributed by atoms with E-state index in [-0.39, 0.29) is 6.61 Å². The SMILES string of the molecule is N#Cc1c(NC(=O)COC(=O)c2cc3c(s2)CCCC3)sc2c1CCC2. The van der Waals surface area contributed by atoms with E-state index in [1.165, 1.54) is 38.0 Å². The first-order valence-corrected chi connectivity index (χ1v) is 10.4. The van der Waals surface area contributed by atoms with Gasteiger partial charge in [-0.15, -0.1) is 22.7 Å². The maximum Gasteiger partial charge on any atom is 0.348 e. The predicted octanol–water partition coefficient (Wildman–Crippen LogP) is 3.84. The third-order valence-corrected chi connectivity index (χ3v) is 7.24. The summed E-state index contributed by atoms with van der Waals surface area (Å²) >= 11 is 2.93.